The maximum Gasteiger partial charge on any atom is 0.234 e. The number of thioether (sulfide) groups is 1. The summed E-state index contributed by atoms with van der Waals surface area (Å²) in [7, 11) is 1.60. The van der Waals surface area contributed by atoms with E-state index in [1.54, 1.807) is 7.11 Å². The van der Waals surface area contributed by atoms with Gasteiger partial charge < -0.3 is 14.6 Å². The molecule has 0 spiro atoms. The van der Waals surface area contributed by atoms with E-state index in [9.17, 15) is 4.79 Å². The first-order chi connectivity index (χ1) is 13.8. The summed E-state index contributed by atoms with van der Waals surface area (Å²) in [5, 5.41) is 3.80. The molecule has 1 saturated carbocycles. The molecule has 2 aromatic heterocycles. The molecule has 0 atom stereocenters. The topological polar surface area (TPSA) is 69.0 Å². The van der Waals surface area contributed by atoms with Crippen LogP contribution in [-0.2, 0) is 4.79 Å². The average Bonchev–Trinajstić information content (AvgIpc) is 3.12. The molecular weight excluding hydrogens is 372 g/mol. The van der Waals surface area contributed by atoms with Crippen molar-refractivity contribution in [1.29, 1.82) is 0 Å². The third-order valence-corrected chi connectivity index (χ3v) is 6.02. The second-order valence-electron chi connectivity index (χ2n) is 6.94. The molecule has 0 aliphatic heterocycles. The molecule has 0 unspecified atom stereocenters. The van der Waals surface area contributed by atoms with Crippen molar-refractivity contribution in [3.63, 3.8) is 0 Å². The van der Waals surface area contributed by atoms with Crippen LogP contribution >= 0.6 is 11.8 Å². The van der Waals surface area contributed by atoms with Gasteiger partial charge in [-0.15, -0.1) is 0 Å². The first kappa shape index (κ1) is 18.8. The lowest BCUT2D eigenvalue weighted by Gasteiger charge is -2.24. The Hall–Kier alpha value is -2.54. The number of amides is 1. The number of carbonyl (C=O) groups excluding carboxylic acids is 1. The molecule has 4 rings (SSSR count). The third-order valence-electron chi connectivity index (χ3n) is 5.07. The predicted molar refractivity (Wildman–Crippen MR) is 112 cm³/mol. The molecule has 146 valence electrons. The van der Waals surface area contributed by atoms with Crippen LogP contribution in [0, 0.1) is 0 Å². The Morgan fingerprint density at radius 3 is 2.86 bits per heavy atom. The zero-order valence-corrected chi connectivity index (χ0v) is 16.7. The predicted octanol–water partition coefficient (Wildman–Crippen LogP) is 4.68. The maximum atomic E-state index is 12.5. The lowest BCUT2D eigenvalue weighted by atomic mass is 9.95. The summed E-state index contributed by atoms with van der Waals surface area (Å²) in [5.41, 5.74) is 2.49. The third kappa shape index (κ3) is 3.99. The molecule has 7 heteroatoms. The van der Waals surface area contributed by atoms with E-state index in [0.717, 1.165) is 29.2 Å². The molecule has 0 radical (unpaired) electrons. The summed E-state index contributed by atoms with van der Waals surface area (Å²) in [5.74, 6) is 0.859. The number of imidazole rings is 1. The van der Waals surface area contributed by atoms with E-state index in [1.807, 2.05) is 42.6 Å². The number of nitrogens with zero attached hydrogens (tertiary/aromatic N) is 3. The molecule has 0 bridgehead atoms. The van der Waals surface area contributed by atoms with Crippen LogP contribution < -0.4 is 10.1 Å². The van der Waals surface area contributed by atoms with Gasteiger partial charge in [-0.3, -0.25) is 4.79 Å². The smallest absolute Gasteiger partial charge is 0.234 e. The summed E-state index contributed by atoms with van der Waals surface area (Å²) in [6, 6.07) is 11.7. The Kier molecular flexibility index (Phi) is 5.81. The number of nitrogens with one attached hydrogen (secondary N) is 1. The number of methoxy groups -OCH3 is 1. The minimum atomic E-state index is -0.0790. The Balaban J connectivity index is 1.52. The molecule has 1 N–H and O–H groups in total. The maximum absolute atomic E-state index is 12.5. The van der Waals surface area contributed by atoms with Crippen LogP contribution in [0.3, 0.4) is 0 Å². The fourth-order valence-corrected chi connectivity index (χ4v) is 4.61. The van der Waals surface area contributed by atoms with Crippen LogP contribution in [0.1, 0.15) is 38.1 Å². The molecular formula is C21H24N4O2S. The highest BCUT2D eigenvalue weighted by atomic mass is 32.2. The first-order valence-electron chi connectivity index (χ1n) is 9.65. The molecule has 1 fully saturated rings. The second-order valence-corrected chi connectivity index (χ2v) is 7.88. The van der Waals surface area contributed by atoms with Crippen LogP contribution in [0.4, 0.5) is 5.69 Å². The van der Waals surface area contributed by atoms with Gasteiger partial charge >= 0.3 is 0 Å². The number of anilines is 1. The van der Waals surface area contributed by atoms with E-state index in [4.69, 9.17) is 9.72 Å². The van der Waals surface area contributed by atoms with Gasteiger partial charge in [0.1, 0.15) is 11.3 Å². The average molecular weight is 397 g/mol. The number of fused-ring (bicyclic) bond motifs is 1. The van der Waals surface area contributed by atoms with E-state index < -0.39 is 0 Å². The summed E-state index contributed by atoms with van der Waals surface area (Å²) < 4.78 is 7.55. The van der Waals surface area contributed by atoms with Gasteiger partial charge in [0.25, 0.3) is 0 Å². The van der Waals surface area contributed by atoms with Crippen molar-refractivity contribution < 1.29 is 9.53 Å². The van der Waals surface area contributed by atoms with Crippen molar-refractivity contribution in [1.82, 2.24) is 14.5 Å². The number of ether oxygens (including phenoxy) is 1. The number of benzene rings is 1. The zero-order chi connectivity index (χ0) is 19.3. The Morgan fingerprint density at radius 2 is 2.04 bits per heavy atom. The van der Waals surface area contributed by atoms with Crippen LogP contribution in [0.2, 0.25) is 0 Å². The van der Waals surface area contributed by atoms with Gasteiger partial charge in [-0.25, -0.2) is 9.97 Å². The van der Waals surface area contributed by atoms with Crippen LogP contribution in [0.25, 0.3) is 11.2 Å². The monoisotopic (exact) mass is 396 g/mol. The van der Waals surface area contributed by atoms with E-state index in [2.05, 4.69) is 14.9 Å². The molecule has 3 aromatic rings. The van der Waals surface area contributed by atoms with Gasteiger partial charge in [-0.1, -0.05) is 43.2 Å². The van der Waals surface area contributed by atoms with E-state index >= 15 is 0 Å². The number of hydrogen-bond donors (Lipinski definition) is 1. The standard InChI is InChI=1S/C21H24N4O2S/c1-27-18-12-6-5-10-16(18)23-19(26)14-28-21-24-17-11-7-13-22-20(17)25(21)15-8-3-2-4-9-15/h5-7,10-13,15H,2-4,8-9,14H2,1H3,(H,23,26). The van der Waals surface area contributed by atoms with Gasteiger partial charge in [0.05, 0.1) is 18.6 Å². The van der Waals surface area contributed by atoms with Crippen LogP contribution in [-0.4, -0.2) is 33.3 Å². The zero-order valence-electron chi connectivity index (χ0n) is 15.9. The lowest BCUT2D eigenvalue weighted by molar-refractivity contribution is -0.113. The molecule has 0 saturated heterocycles. The van der Waals surface area contributed by atoms with E-state index in [-0.39, 0.29) is 11.7 Å². The molecule has 28 heavy (non-hydrogen) atoms. The lowest BCUT2D eigenvalue weighted by Crippen LogP contribution is -2.17. The van der Waals surface area contributed by atoms with Gasteiger partial charge in [0.2, 0.25) is 5.91 Å². The van der Waals surface area contributed by atoms with E-state index in [0.29, 0.717) is 17.5 Å². The van der Waals surface area contributed by atoms with Crippen molar-refractivity contribution in [3.05, 3.63) is 42.6 Å². The Bertz CT molecular complexity index is 966. The largest absolute Gasteiger partial charge is 0.495 e. The van der Waals surface area contributed by atoms with Gasteiger partial charge in [-0.05, 0) is 37.1 Å². The van der Waals surface area contributed by atoms with Crippen LogP contribution in [0.5, 0.6) is 5.75 Å². The highest BCUT2D eigenvalue weighted by Crippen LogP contribution is 2.35. The van der Waals surface area contributed by atoms with Gasteiger partial charge in [0, 0.05) is 12.2 Å². The number of hydrogen-bond acceptors (Lipinski definition) is 5. The van der Waals surface area contributed by atoms with Crippen molar-refractivity contribution in [2.45, 2.75) is 43.3 Å². The number of aromatic nitrogens is 3. The first-order valence-corrected chi connectivity index (χ1v) is 10.6. The minimum absolute atomic E-state index is 0.0790. The number of pyridine rings is 1. The van der Waals surface area contributed by atoms with Gasteiger partial charge in [-0.2, -0.15) is 0 Å². The summed E-state index contributed by atoms with van der Waals surface area (Å²) in [6.07, 6.45) is 7.85. The summed E-state index contributed by atoms with van der Waals surface area (Å²) in [4.78, 5) is 21.8. The normalized spacial score (nSPS) is 14.9. The fourth-order valence-electron chi connectivity index (χ4n) is 3.74. The van der Waals surface area contributed by atoms with Crippen molar-refractivity contribution in [3.8, 4) is 5.75 Å². The molecule has 1 aromatic carbocycles. The molecule has 2 heterocycles. The SMILES string of the molecule is COc1ccccc1NC(=O)CSc1nc2cccnc2n1C1CCCCC1. The van der Waals surface area contributed by atoms with Crippen molar-refractivity contribution in [2.75, 3.05) is 18.2 Å². The quantitative estimate of drug-likeness (QED) is 0.613. The van der Waals surface area contributed by atoms with E-state index in [1.165, 1.54) is 31.0 Å². The molecule has 1 aliphatic rings. The highest BCUT2D eigenvalue weighted by molar-refractivity contribution is 7.99. The van der Waals surface area contributed by atoms with Gasteiger partial charge in [0.15, 0.2) is 10.8 Å². The number of rotatable bonds is 6. The highest BCUT2D eigenvalue weighted by Gasteiger charge is 2.23. The van der Waals surface area contributed by atoms with Crippen LogP contribution in [0.15, 0.2) is 47.8 Å². The number of para-hydroxylation sites is 2. The number of carbonyl (C=O) groups is 1. The molecule has 6 nitrogen and oxygen atoms in total. The van der Waals surface area contributed by atoms with Crippen molar-refractivity contribution >= 4 is 34.5 Å². The fraction of sp³-hybridized carbons (Fsp3) is 0.381. The summed E-state index contributed by atoms with van der Waals surface area (Å²) >= 11 is 1.47. The Morgan fingerprint density at radius 1 is 1.21 bits per heavy atom. The molecule has 1 aliphatic carbocycles. The Labute approximate surface area is 168 Å². The molecule has 1 amide bonds. The second kappa shape index (κ2) is 8.65. The summed E-state index contributed by atoms with van der Waals surface area (Å²) in [6.45, 7) is 0. The van der Waals surface area contributed by atoms with Crippen molar-refractivity contribution in [2.24, 2.45) is 0 Å². The minimum Gasteiger partial charge on any atom is -0.495 e.